The van der Waals surface area contributed by atoms with E-state index in [9.17, 15) is 4.79 Å². The van der Waals surface area contributed by atoms with Crippen molar-refractivity contribution in [1.82, 2.24) is 24.5 Å². The Labute approximate surface area is 110 Å². The van der Waals surface area contributed by atoms with Crippen molar-refractivity contribution in [2.75, 3.05) is 5.32 Å². The van der Waals surface area contributed by atoms with Gasteiger partial charge >= 0.3 is 0 Å². The third-order valence-corrected chi connectivity index (χ3v) is 3.15. The number of rotatable bonds is 2. The molecule has 2 aromatic heterocycles. The second-order valence-electron chi connectivity index (χ2n) is 4.99. The van der Waals surface area contributed by atoms with E-state index in [1.165, 1.54) is 0 Å². The van der Waals surface area contributed by atoms with Crippen LogP contribution in [-0.4, -0.2) is 30.5 Å². The lowest BCUT2D eigenvalue weighted by Crippen LogP contribution is -2.23. The van der Waals surface area contributed by atoms with Crippen molar-refractivity contribution in [2.45, 2.75) is 39.8 Å². The molecule has 0 unspecified atom stereocenters. The molecule has 0 saturated heterocycles. The average molecular weight is 260 g/mol. The van der Waals surface area contributed by atoms with Crippen molar-refractivity contribution in [3.8, 4) is 11.5 Å². The van der Waals surface area contributed by atoms with Crippen LogP contribution in [0.3, 0.4) is 0 Å². The molecule has 1 N–H and O–H groups in total. The molecule has 1 amide bonds. The summed E-state index contributed by atoms with van der Waals surface area (Å²) < 4.78 is 3.63. The van der Waals surface area contributed by atoms with Gasteiger partial charge in [-0.1, -0.05) is 0 Å². The second kappa shape index (κ2) is 4.18. The number of hydrogen-bond acceptors (Lipinski definition) is 4. The minimum Gasteiger partial charge on any atom is -0.295 e. The quantitative estimate of drug-likeness (QED) is 0.884. The first kappa shape index (κ1) is 11.9. The third-order valence-electron chi connectivity index (χ3n) is 3.15. The monoisotopic (exact) mass is 260 g/mol. The van der Waals surface area contributed by atoms with Gasteiger partial charge in [0.15, 0.2) is 0 Å². The molecular weight excluding hydrogens is 244 g/mol. The van der Waals surface area contributed by atoms with Crippen LogP contribution in [0.5, 0.6) is 0 Å². The standard InChI is InChI=1S/C12H16N6O/c1-7(2)18-10(8(3)6-13-18)11-15-12-14-9(19)4-5-17(12)16-11/h6-7H,4-5H2,1-3H3,(H,14,15,16,19). The maximum Gasteiger partial charge on any atom is 0.228 e. The predicted octanol–water partition coefficient (Wildman–Crippen LogP) is 1.37. The van der Waals surface area contributed by atoms with Crippen LogP contribution in [0.1, 0.15) is 31.9 Å². The van der Waals surface area contributed by atoms with Crippen LogP contribution in [0.15, 0.2) is 6.20 Å². The number of aromatic nitrogens is 5. The highest BCUT2D eigenvalue weighted by atomic mass is 16.2. The number of carbonyl (C=O) groups is 1. The lowest BCUT2D eigenvalue weighted by molar-refractivity contribution is -0.117. The molecule has 0 radical (unpaired) electrons. The summed E-state index contributed by atoms with van der Waals surface area (Å²) in [6, 6.07) is 0.235. The molecule has 0 bridgehead atoms. The van der Waals surface area contributed by atoms with Gasteiger partial charge < -0.3 is 0 Å². The lowest BCUT2D eigenvalue weighted by Gasteiger charge is -2.11. The first-order valence-corrected chi connectivity index (χ1v) is 6.35. The van der Waals surface area contributed by atoms with E-state index in [1.807, 2.05) is 17.8 Å². The molecule has 7 nitrogen and oxygen atoms in total. The Hall–Kier alpha value is -2.18. The molecular formula is C12H16N6O. The third kappa shape index (κ3) is 1.91. The SMILES string of the molecule is Cc1cnn(C(C)C)c1-c1nc2n(n1)CCC(=O)N2. The highest BCUT2D eigenvalue weighted by Crippen LogP contribution is 2.25. The largest absolute Gasteiger partial charge is 0.295 e. The summed E-state index contributed by atoms with van der Waals surface area (Å²) in [6.45, 7) is 6.68. The molecule has 0 aromatic carbocycles. The topological polar surface area (TPSA) is 77.6 Å². The van der Waals surface area contributed by atoms with Gasteiger partial charge in [0.2, 0.25) is 17.7 Å². The van der Waals surface area contributed by atoms with E-state index in [1.54, 1.807) is 4.68 Å². The van der Waals surface area contributed by atoms with Gasteiger partial charge in [0.05, 0.1) is 12.7 Å². The summed E-state index contributed by atoms with van der Waals surface area (Å²) >= 11 is 0. The van der Waals surface area contributed by atoms with E-state index in [0.29, 0.717) is 24.7 Å². The molecule has 0 atom stereocenters. The summed E-state index contributed by atoms with van der Waals surface area (Å²) in [5.41, 5.74) is 1.94. The number of nitrogens with one attached hydrogen (secondary N) is 1. The molecule has 0 fully saturated rings. The predicted molar refractivity (Wildman–Crippen MR) is 69.6 cm³/mol. The summed E-state index contributed by atoms with van der Waals surface area (Å²) in [6.07, 6.45) is 2.26. The van der Waals surface area contributed by atoms with Crippen LogP contribution in [0, 0.1) is 6.92 Å². The minimum atomic E-state index is -0.0134. The van der Waals surface area contributed by atoms with E-state index in [-0.39, 0.29) is 11.9 Å². The Balaban J connectivity index is 2.08. The zero-order chi connectivity index (χ0) is 13.6. The van der Waals surface area contributed by atoms with Gasteiger partial charge in [-0.15, -0.1) is 5.10 Å². The van der Waals surface area contributed by atoms with Crippen molar-refractivity contribution in [3.63, 3.8) is 0 Å². The van der Waals surface area contributed by atoms with Crippen molar-refractivity contribution in [1.29, 1.82) is 0 Å². The van der Waals surface area contributed by atoms with Gasteiger partial charge in [0.25, 0.3) is 0 Å². The molecule has 3 rings (SSSR count). The van der Waals surface area contributed by atoms with E-state index in [0.717, 1.165) is 11.3 Å². The van der Waals surface area contributed by atoms with Gasteiger partial charge in [-0.25, -0.2) is 4.68 Å². The van der Waals surface area contributed by atoms with Crippen LogP contribution >= 0.6 is 0 Å². The van der Waals surface area contributed by atoms with Crippen LogP contribution in [-0.2, 0) is 11.3 Å². The number of hydrogen-bond donors (Lipinski definition) is 1. The fourth-order valence-electron chi connectivity index (χ4n) is 2.20. The maximum atomic E-state index is 11.4. The van der Waals surface area contributed by atoms with Gasteiger partial charge in [-0.2, -0.15) is 10.1 Å². The summed E-state index contributed by atoms with van der Waals surface area (Å²) in [7, 11) is 0. The zero-order valence-corrected chi connectivity index (χ0v) is 11.2. The number of amides is 1. The molecule has 0 spiro atoms. The molecule has 2 aromatic rings. The molecule has 19 heavy (non-hydrogen) atoms. The second-order valence-corrected chi connectivity index (χ2v) is 4.99. The Morgan fingerprint density at radius 3 is 2.95 bits per heavy atom. The fraction of sp³-hybridized carbons (Fsp3) is 0.500. The Morgan fingerprint density at radius 1 is 1.42 bits per heavy atom. The van der Waals surface area contributed by atoms with Crippen molar-refractivity contribution >= 4 is 11.9 Å². The number of carbonyl (C=O) groups excluding carboxylic acids is 1. The summed E-state index contributed by atoms with van der Waals surface area (Å²) in [5.74, 6) is 1.11. The van der Waals surface area contributed by atoms with Crippen molar-refractivity contribution in [3.05, 3.63) is 11.8 Å². The molecule has 3 heterocycles. The van der Waals surface area contributed by atoms with Crippen molar-refractivity contribution in [2.24, 2.45) is 0 Å². The summed E-state index contributed by atoms with van der Waals surface area (Å²) in [5, 5.41) is 11.5. The molecule has 0 saturated carbocycles. The first-order valence-electron chi connectivity index (χ1n) is 6.35. The van der Waals surface area contributed by atoms with E-state index in [4.69, 9.17) is 0 Å². The highest BCUT2D eigenvalue weighted by Gasteiger charge is 2.22. The van der Waals surface area contributed by atoms with Crippen molar-refractivity contribution < 1.29 is 4.79 Å². The molecule has 1 aliphatic rings. The Bertz CT molecular complexity index is 639. The van der Waals surface area contributed by atoms with Gasteiger partial charge in [0, 0.05) is 12.5 Å². The number of aryl methyl sites for hydroxylation is 2. The number of anilines is 1. The maximum absolute atomic E-state index is 11.4. The van der Waals surface area contributed by atoms with E-state index >= 15 is 0 Å². The molecule has 100 valence electrons. The molecule has 0 aliphatic carbocycles. The smallest absolute Gasteiger partial charge is 0.228 e. The number of fused-ring (bicyclic) bond motifs is 1. The Morgan fingerprint density at radius 2 is 2.21 bits per heavy atom. The first-order chi connectivity index (χ1) is 9.06. The fourth-order valence-corrected chi connectivity index (χ4v) is 2.20. The van der Waals surface area contributed by atoms with Crippen LogP contribution in [0.4, 0.5) is 5.95 Å². The van der Waals surface area contributed by atoms with E-state index < -0.39 is 0 Å². The van der Waals surface area contributed by atoms with E-state index in [2.05, 4.69) is 34.3 Å². The van der Waals surface area contributed by atoms with Crippen LogP contribution < -0.4 is 5.32 Å². The minimum absolute atomic E-state index is 0.0134. The van der Waals surface area contributed by atoms with Gasteiger partial charge in [-0.3, -0.25) is 14.8 Å². The normalized spacial score (nSPS) is 14.6. The van der Waals surface area contributed by atoms with Crippen LogP contribution in [0.2, 0.25) is 0 Å². The lowest BCUT2D eigenvalue weighted by atomic mass is 10.2. The number of nitrogens with zero attached hydrogens (tertiary/aromatic N) is 5. The van der Waals surface area contributed by atoms with Crippen LogP contribution in [0.25, 0.3) is 11.5 Å². The highest BCUT2D eigenvalue weighted by molar-refractivity contribution is 5.90. The van der Waals surface area contributed by atoms with Gasteiger partial charge in [0.1, 0.15) is 5.69 Å². The average Bonchev–Trinajstić information content (AvgIpc) is 2.91. The molecule has 7 heteroatoms. The Kier molecular flexibility index (Phi) is 2.62. The van der Waals surface area contributed by atoms with Gasteiger partial charge in [-0.05, 0) is 26.3 Å². The zero-order valence-electron chi connectivity index (χ0n) is 11.2. The molecule has 1 aliphatic heterocycles. The summed E-state index contributed by atoms with van der Waals surface area (Å²) in [4.78, 5) is 15.8.